The molecule has 1 heterocycles. The molecule has 26 heavy (non-hydrogen) atoms. The van der Waals surface area contributed by atoms with E-state index in [0.29, 0.717) is 30.6 Å². The van der Waals surface area contributed by atoms with Gasteiger partial charge in [0.2, 0.25) is 0 Å². The lowest BCUT2D eigenvalue weighted by Gasteiger charge is -2.51. The van der Waals surface area contributed by atoms with Gasteiger partial charge in [-0.15, -0.1) is 0 Å². The summed E-state index contributed by atoms with van der Waals surface area (Å²) in [5.41, 5.74) is 0.456. The zero-order valence-corrected chi connectivity index (χ0v) is 15.5. The highest BCUT2D eigenvalue weighted by molar-refractivity contribution is 5.94. The predicted octanol–water partition coefficient (Wildman–Crippen LogP) is 3.15. The van der Waals surface area contributed by atoms with Gasteiger partial charge >= 0.3 is 0 Å². The first-order chi connectivity index (χ1) is 12.3. The Morgan fingerprint density at radius 2 is 2.08 bits per heavy atom. The van der Waals surface area contributed by atoms with Gasteiger partial charge in [0, 0.05) is 24.1 Å². The summed E-state index contributed by atoms with van der Waals surface area (Å²) < 4.78 is 19.0. The standard InChI is InChI=1S/C21H28FNO3/c1-20(2)14-11-16-17(26-10-8-21(16,12-14)19(20)25)7-9-23-18(24)13-3-5-15(22)6-4-13/h3-6,14,16-17,19,25H,7-12H2,1-2H3,(H,23,24)/t14-,16-,17-,19-,21?/m1/s1. The van der Waals surface area contributed by atoms with Crippen LogP contribution in [0, 0.1) is 28.5 Å². The van der Waals surface area contributed by atoms with Crippen molar-refractivity contribution in [1.29, 1.82) is 0 Å². The summed E-state index contributed by atoms with van der Waals surface area (Å²) in [6, 6.07) is 5.57. The first kappa shape index (κ1) is 17.9. The van der Waals surface area contributed by atoms with E-state index in [-0.39, 0.29) is 34.8 Å². The second kappa shape index (κ2) is 6.31. The third kappa shape index (κ3) is 2.67. The molecular weight excluding hydrogens is 333 g/mol. The monoisotopic (exact) mass is 361 g/mol. The first-order valence-electron chi connectivity index (χ1n) is 9.68. The number of rotatable bonds is 4. The van der Waals surface area contributed by atoms with E-state index in [9.17, 15) is 14.3 Å². The number of hydrogen-bond acceptors (Lipinski definition) is 3. The van der Waals surface area contributed by atoms with Crippen molar-refractivity contribution in [1.82, 2.24) is 5.32 Å². The molecular formula is C21H28FNO3. The Labute approximate surface area is 154 Å². The molecule has 142 valence electrons. The molecule has 5 heteroatoms. The van der Waals surface area contributed by atoms with E-state index < -0.39 is 0 Å². The zero-order chi connectivity index (χ0) is 18.5. The highest BCUT2D eigenvalue weighted by Gasteiger charge is 2.67. The van der Waals surface area contributed by atoms with Crippen molar-refractivity contribution in [2.24, 2.45) is 22.7 Å². The second-order valence-corrected chi connectivity index (χ2v) is 8.91. The van der Waals surface area contributed by atoms with E-state index in [4.69, 9.17) is 4.74 Å². The zero-order valence-electron chi connectivity index (χ0n) is 15.5. The lowest BCUT2D eigenvalue weighted by molar-refractivity contribution is -0.163. The number of benzene rings is 1. The van der Waals surface area contributed by atoms with Crippen LogP contribution < -0.4 is 5.32 Å². The van der Waals surface area contributed by atoms with Crippen molar-refractivity contribution in [2.45, 2.75) is 51.7 Å². The Kier molecular flexibility index (Phi) is 4.35. The SMILES string of the molecule is CC1(C)[C@@H]2C[C@@H]3[C@@H](CCNC(=O)c4ccc(F)cc4)OCCC3(C2)[C@@H]1O. The lowest BCUT2D eigenvalue weighted by Crippen LogP contribution is -2.54. The molecule has 2 aliphatic carbocycles. The van der Waals surface area contributed by atoms with Gasteiger partial charge in [0.15, 0.2) is 0 Å². The Hall–Kier alpha value is -1.46. The fraction of sp³-hybridized carbons (Fsp3) is 0.667. The van der Waals surface area contributed by atoms with Crippen molar-refractivity contribution >= 4 is 5.91 Å². The van der Waals surface area contributed by atoms with Gasteiger partial charge in [-0.05, 0) is 67.2 Å². The summed E-state index contributed by atoms with van der Waals surface area (Å²) in [5, 5.41) is 13.9. The van der Waals surface area contributed by atoms with Crippen LogP contribution in [-0.2, 0) is 4.74 Å². The number of carbonyl (C=O) groups excluding carboxylic acids is 1. The second-order valence-electron chi connectivity index (χ2n) is 8.91. The van der Waals surface area contributed by atoms with Crippen LogP contribution in [0.15, 0.2) is 24.3 Å². The summed E-state index contributed by atoms with van der Waals surface area (Å²) in [4.78, 5) is 12.2. The van der Waals surface area contributed by atoms with E-state index in [1.165, 1.54) is 24.3 Å². The maximum Gasteiger partial charge on any atom is 0.251 e. The van der Waals surface area contributed by atoms with E-state index >= 15 is 0 Å². The molecule has 1 amide bonds. The minimum absolute atomic E-state index is 0.00194. The molecule has 3 fully saturated rings. The summed E-state index contributed by atoms with van der Waals surface area (Å²) in [5.74, 6) is 0.400. The number of aliphatic hydroxyl groups is 1. The number of ether oxygens (including phenoxy) is 1. The molecule has 1 aliphatic heterocycles. The van der Waals surface area contributed by atoms with Gasteiger partial charge in [0.25, 0.3) is 5.91 Å². The van der Waals surface area contributed by atoms with Crippen LogP contribution in [0.25, 0.3) is 0 Å². The number of halogens is 1. The van der Waals surface area contributed by atoms with Crippen molar-refractivity contribution in [3.63, 3.8) is 0 Å². The number of fused-ring (bicyclic) bond motifs is 1. The van der Waals surface area contributed by atoms with Gasteiger partial charge in [-0.1, -0.05) is 13.8 Å². The Morgan fingerprint density at radius 3 is 2.77 bits per heavy atom. The van der Waals surface area contributed by atoms with Crippen LogP contribution >= 0.6 is 0 Å². The fourth-order valence-corrected chi connectivity index (χ4v) is 5.86. The van der Waals surface area contributed by atoms with Crippen LogP contribution in [-0.4, -0.2) is 36.4 Å². The third-order valence-corrected chi connectivity index (χ3v) is 7.37. The Balaban J connectivity index is 1.36. The van der Waals surface area contributed by atoms with Crippen molar-refractivity contribution in [3.05, 3.63) is 35.6 Å². The minimum Gasteiger partial charge on any atom is -0.392 e. The van der Waals surface area contributed by atoms with Gasteiger partial charge in [0.05, 0.1) is 12.2 Å². The van der Waals surface area contributed by atoms with Crippen LogP contribution in [0.3, 0.4) is 0 Å². The quantitative estimate of drug-likeness (QED) is 0.866. The summed E-state index contributed by atoms with van der Waals surface area (Å²) in [7, 11) is 0. The van der Waals surface area contributed by atoms with E-state index in [0.717, 1.165) is 25.7 Å². The van der Waals surface area contributed by atoms with Crippen LogP contribution in [0.2, 0.25) is 0 Å². The topological polar surface area (TPSA) is 58.6 Å². The lowest BCUT2D eigenvalue weighted by atomic mass is 9.60. The van der Waals surface area contributed by atoms with E-state index in [2.05, 4.69) is 19.2 Å². The summed E-state index contributed by atoms with van der Waals surface area (Å²) >= 11 is 0. The minimum atomic E-state index is -0.347. The van der Waals surface area contributed by atoms with Crippen molar-refractivity contribution < 1.29 is 19.0 Å². The van der Waals surface area contributed by atoms with Gasteiger partial charge in [-0.25, -0.2) is 4.39 Å². The smallest absolute Gasteiger partial charge is 0.251 e. The molecule has 1 spiro atoms. The summed E-state index contributed by atoms with van der Waals surface area (Å²) in [6.45, 7) is 5.60. The molecule has 2 saturated carbocycles. The third-order valence-electron chi connectivity index (χ3n) is 7.37. The van der Waals surface area contributed by atoms with Gasteiger partial charge in [0.1, 0.15) is 5.82 Å². The molecule has 1 unspecified atom stereocenters. The van der Waals surface area contributed by atoms with Crippen LogP contribution in [0.1, 0.15) is 49.9 Å². The van der Waals surface area contributed by atoms with Crippen LogP contribution in [0.4, 0.5) is 4.39 Å². The number of carbonyl (C=O) groups is 1. The molecule has 2 bridgehead atoms. The number of hydrogen-bond donors (Lipinski definition) is 2. The molecule has 1 aromatic carbocycles. The molecule has 1 saturated heterocycles. The Morgan fingerprint density at radius 1 is 1.35 bits per heavy atom. The predicted molar refractivity (Wildman–Crippen MR) is 96.1 cm³/mol. The molecule has 4 nitrogen and oxygen atoms in total. The van der Waals surface area contributed by atoms with E-state index in [1.807, 2.05) is 0 Å². The van der Waals surface area contributed by atoms with Gasteiger partial charge in [-0.2, -0.15) is 0 Å². The molecule has 5 atom stereocenters. The normalized spacial score (nSPS) is 37.4. The highest BCUT2D eigenvalue weighted by atomic mass is 19.1. The molecule has 1 aromatic rings. The Bertz CT molecular complexity index is 689. The summed E-state index contributed by atoms with van der Waals surface area (Å²) in [6.07, 6.45) is 3.73. The largest absolute Gasteiger partial charge is 0.392 e. The molecule has 0 radical (unpaired) electrons. The maximum atomic E-state index is 13.0. The first-order valence-corrected chi connectivity index (χ1v) is 9.68. The highest BCUT2D eigenvalue weighted by Crippen LogP contribution is 2.68. The maximum absolute atomic E-state index is 13.0. The van der Waals surface area contributed by atoms with Gasteiger partial charge in [-0.3, -0.25) is 4.79 Å². The molecule has 3 aliphatic rings. The molecule has 4 rings (SSSR count). The van der Waals surface area contributed by atoms with Crippen molar-refractivity contribution in [2.75, 3.05) is 13.2 Å². The van der Waals surface area contributed by atoms with Crippen LogP contribution in [0.5, 0.6) is 0 Å². The molecule has 0 aromatic heterocycles. The van der Waals surface area contributed by atoms with Gasteiger partial charge < -0.3 is 15.2 Å². The number of amides is 1. The molecule has 2 N–H and O–H groups in total. The average molecular weight is 361 g/mol. The number of nitrogens with one attached hydrogen (secondary N) is 1. The van der Waals surface area contributed by atoms with E-state index in [1.54, 1.807) is 0 Å². The average Bonchev–Trinajstić information content (AvgIpc) is 3.10. The number of aliphatic hydroxyl groups excluding tert-OH is 1. The van der Waals surface area contributed by atoms with Crippen molar-refractivity contribution in [3.8, 4) is 0 Å². The fourth-order valence-electron chi connectivity index (χ4n) is 5.86.